The lowest BCUT2D eigenvalue weighted by Gasteiger charge is -2.30. The average molecular weight is 659 g/mol. The van der Waals surface area contributed by atoms with Crippen molar-refractivity contribution in [3.05, 3.63) is 68.9 Å². The molecule has 0 aliphatic heterocycles. The number of carbonyl (C=O) groups is 1. The van der Waals surface area contributed by atoms with E-state index >= 15 is 0 Å². The smallest absolute Gasteiger partial charge is 0.422 e. The number of ether oxygens (including phenoxy) is 3. The largest absolute Gasteiger partial charge is 0.494 e. The molecule has 39 heavy (non-hydrogen) atoms. The molecule has 2 atom stereocenters. The quantitative estimate of drug-likeness (QED) is 0.197. The van der Waals surface area contributed by atoms with Crippen LogP contribution in [0.2, 0.25) is 0 Å². The third-order valence-electron chi connectivity index (χ3n) is 6.10. The lowest BCUT2D eigenvalue weighted by Crippen LogP contribution is -2.43. The fraction of sp³-hybridized carbons (Fsp3) is 0.357. The van der Waals surface area contributed by atoms with Gasteiger partial charge >= 0.3 is 6.18 Å². The third-order valence-corrected chi connectivity index (χ3v) is 7.26. The molecule has 210 valence electrons. The van der Waals surface area contributed by atoms with Gasteiger partial charge in [-0.05, 0) is 84.8 Å². The molecule has 7 nitrogen and oxygen atoms in total. The summed E-state index contributed by atoms with van der Waals surface area (Å²) in [4.78, 5) is 17.1. The van der Waals surface area contributed by atoms with Crippen LogP contribution in [0.4, 0.5) is 13.2 Å². The SMILES string of the molecule is COc1cc(C(=O)CC[C@](O)(c2ccc(OC)c(-c3ccc(C)c(I)c3)n2)C(F)(F)F)ccc1OCC(C)O. The fourth-order valence-corrected chi connectivity index (χ4v) is 4.33. The van der Waals surface area contributed by atoms with Crippen molar-refractivity contribution in [1.29, 1.82) is 0 Å². The predicted molar refractivity (Wildman–Crippen MR) is 147 cm³/mol. The Balaban J connectivity index is 1.93. The van der Waals surface area contributed by atoms with E-state index in [0.717, 1.165) is 15.2 Å². The van der Waals surface area contributed by atoms with Crippen LogP contribution in [0.1, 0.15) is 41.4 Å². The lowest BCUT2D eigenvalue weighted by atomic mass is 9.89. The van der Waals surface area contributed by atoms with Crippen molar-refractivity contribution < 1.29 is 42.4 Å². The normalized spacial score (nSPS) is 13.9. The van der Waals surface area contributed by atoms with Gasteiger partial charge in [0.1, 0.15) is 18.1 Å². The number of ketones is 1. The van der Waals surface area contributed by atoms with Gasteiger partial charge in [-0.25, -0.2) is 4.98 Å². The average Bonchev–Trinajstić information content (AvgIpc) is 2.90. The van der Waals surface area contributed by atoms with Crippen LogP contribution in [0.3, 0.4) is 0 Å². The summed E-state index contributed by atoms with van der Waals surface area (Å²) in [6.45, 7) is 3.42. The number of Topliss-reactive ketones (excluding diaryl/α,β-unsaturated/α-hetero) is 1. The second-order valence-electron chi connectivity index (χ2n) is 9.02. The predicted octanol–water partition coefficient (Wildman–Crippen LogP) is 5.85. The molecule has 2 aromatic carbocycles. The summed E-state index contributed by atoms with van der Waals surface area (Å²) in [5, 5.41) is 20.4. The summed E-state index contributed by atoms with van der Waals surface area (Å²) in [5.41, 5.74) is -2.31. The van der Waals surface area contributed by atoms with Crippen LogP contribution in [0.15, 0.2) is 48.5 Å². The first-order valence-corrected chi connectivity index (χ1v) is 13.0. The second-order valence-corrected chi connectivity index (χ2v) is 10.2. The standard InChI is InChI=1S/C28H29F3INO6/c1-16-5-6-19(13-20(16)32)26-23(37-3)9-10-25(33-26)27(36,28(29,30)31)12-11-21(35)18-7-8-22(24(14-18)38-4)39-15-17(2)34/h5-10,13-14,17,34,36H,11-12,15H2,1-4H3/t17?,27-/m0/s1. The van der Waals surface area contributed by atoms with Gasteiger partial charge in [-0.1, -0.05) is 12.1 Å². The first-order chi connectivity index (χ1) is 18.3. The molecule has 0 aliphatic carbocycles. The molecule has 1 heterocycles. The Labute approximate surface area is 238 Å². The Bertz CT molecular complexity index is 1330. The molecule has 1 unspecified atom stereocenters. The molecule has 0 saturated carbocycles. The number of aliphatic hydroxyl groups excluding tert-OH is 1. The molecule has 0 spiro atoms. The zero-order chi connectivity index (χ0) is 29.0. The maximum atomic E-state index is 14.3. The van der Waals surface area contributed by atoms with Crippen LogP contribution in [0.25, 0.3) is 11.3 Å². The number of pyridine rings is 1. The van der Waals surface area contributed by atoms with Crippen molar-refractivity contribution in [2.45, 2.75) is 44.6 Å². The van der Waals surface area contributed by atoms with E-state index in [-0.39, 0.29) is 35.1 Å². The minimum Gasteiger partial charge on any atom is -0.494 e. The number of benzene rings is 2. The molecule has 0 bridgehead atoms. The molecule has 0 fully saturated rings. The van der Waals surface area contributed by atoms with E-state index in [9.17, 15) is 28.2 Å². The Hall–Kier alpha value is -2.90. The number of methoxy groups -OCH3 is 2. The van der Waals surface area contributed by atoms with Crippen LogP contribution >= 0.6 is 22.6 Å². The number of hydrogen-bond acceptors (Lipinski definition) is 7. The van der Waals surface area contributed by atoms with Gasteiger partial charge in [-0.3, -0.25) is 4.79 Å². The van der Waals surface area contributed by atoms with Crippen LogP contribution in [0.5, 0.6) is 17.2 Å². The molecular formula is C28H29F3INO6. The Morgan fingerprint density at radius 2 is 1.69 bits per heavy atom. The van der Waals surface area contributed by atoms with E-state index in [0.29, 0.717) is 5.56 Å². The van der Waals surface area contributed by atoms with Gasteiger partial charge < -0.3 is 24.4 Å². The molecule has 0 saturated heterocycles. The highest BCUT2D eigenvalue weighted by atomic mass is 127. The molecule has 2 N–H and O–H groups in total. The molecule has 0 radical (unpaired) electrons. The summed E-state index contributed by atoms with van der Waals surface area (Å²) in [7, 11) is 2.73. The first-order valence-electron chi connectivity index (χ1n) is 11.9. The number of rotatable bonds is 11. The maximum absolute atomic E-state index is 14.3. The highest BCUT2D eigenvalue weighted by Gasteiger charge is 2.56. The highest BCUT2D eigenvalue weighted by molar-refractivity contribution is 14.1. The number of hydrogen-bond donors (Lipinski definition) is 2. The van der Waals surface area contributed by atoms with Crippen molar-refractivity contribution >= 4 is 28.4 Å². The van der Waals surface area contributed by atoms with Gasteiger partial charge in [0.05, 0.1) is 26.0 Å². The minimum atomic E-state index is -5.12. The van der Waals surface area contributed by atoms with E-state index in [2.05, 4.69) is 27.6 Å². The number of halogens is 4. The van der Waals surface area contributed by atoms with Gasteiger partial charge in [0.2, 0.25) is 5.60 Å². The van der Waals surface area contributed by atoms with Crippen molar-refractivity contribution in [2.75, 3.05) is 20.8 Å². The first kappa shape index (κ1) is 30.6. The van der Waals surface area contributed by atoms with Gasteiger partial charge in [0, 0.05) is 21.1 Å². The van der Waals surface area contributed by atoms with E-state index in [4.69, 9.17) is 14.2 Å². The van der Waals surface area contributed by atoms with E-state index < -0.39 is 42.2 Å². The molecule has 0 aliphatic rings. The Morgan fingerprint density at radius 3 is 2.28 bits per heavy atom. The minimum absolute atomic E-state index is 0.0130. The summed E-state index contributed by atoms with van der Waals surface area (Å²) in [6.07, 6.45) is -7.44. The number of alkyl halides is 3. The summed E-state index contributed by atoms with van der Waals surface area (Å²) in [6, 6.07) is 11.8. The lowest BCUT2D eigenvalue weighted by molar-refractivity contribution is -0.270. The maximum Gasteiger partial charge on any atom is 0.422 e. The summed E-state index contributed by atoms with van der Waals surface area (Å²) in [5.74, 6) is 0.0492. The highest BCUT2D eigenvalue weighted by Crippen LogP contribution is 2.44. The van der Waals surface area contributed by atoms with E-state index in [1.165, 1.54) is 45.4 Å². The van der Waals surface area contributed by atoms with Crippen molar-refractivity contribution in [3.63, 3.8) is 0 Å². The van der Waals surface area contributed by atoms with Crippen LogP contribution in [-0.2, 0) is 5.60 Å². The van der Waals surface area contributed by atoms with Gasteiger partial charge in [-0.15, -0.1) is 0 Å². The third kappa shape index (κ3) is 7.00. The van der Waals surface area contributed by atoms with Gasteiger partial charge in [0.15, 0.2) is 17.3 Å². The van der Waals surface area contributed by atoms with Crippen LogP contribution in [-0.4, -0.2) is 54.1 Å². The second kappa shape index (κ2) is 12.5. The fourth-order valence-electron chi connectivity index (χ4n) is 3.81. The molecule has 0 amide bonds. The number of aliphatic hydroxyl groups is 2. The Kier molecular flexibility index (Phi) is 9.83. The van der Waals surface area contributed by atoms with Crippen molar-refractivity contribution in [3.8, 4) is 28.5 Å². The van der Waals surface area contributed by atoms with Crippen LogP contribution < -0.4 is 14.2 Å². The zero-order valence-corrected chi connectivity index (χ0v) is 24.0. The van der Waals surface area contributed by atoms with Gasteiger partial charge in [-0.2, -0.15) is 13.2 Å². The number of aryl methyl sites for hydroxylation is 1. The van der Waals surface area contributed by atoms with E-state index in [1.807, 2.05) is 13.0 Å². The molecular weight excluding hydrogens is 630 g/mol. The van der Waals surface area contributed by atoms with Crippen molar-refractivity contribution in [2.24, 2.45) is 0 Å². The zero-order valence-electron chi connectivity index (χ0n) is 21.8. The topological polar surface area (TPSA) is 98.1 Å². The Morgan fingerprint density at radius 1 is 1.03 bits per heavy atom. The van der Waals surface area contributed by atoms with Crippen LogP contribution in [0, 0.1) is 10.5 Å². The van der Waals surface area contributed by atoms with E-state index in [1.54, 1.807) is 12.1 Å². The number of aromatic nitrogens is 1. The van der Waals surface area contributed by atoms with Crippen molar-refractivity contribution in [1.82, 2.24) is 4.98 Å². The van der Waals surface area contributed by atoms with Gasteiger partial charge in [0.25, 0.3) is 0 Å². The number of nitrogens with zero attached hydrogens (tertiary/aromatic N) is 1. The monoisotopic (exact) mass is 659 g/mol. The molecule has 3 aromatic rings. The summed E-state index contributed by atoms with van der Waals surface area (Å²) >= 11 is 2.12. The molecule has 1 aromatic heterocycles. The molecule has 11 heteroatoms. The molecule has 3 rings (SSSR count). The number of carbonyl (C=O) groups excluding carboxylic acids is 1. The summed E-state index contributed by atoms with van der Waals surface area (Å²) < 4.78 is 59.8.